The van der Waals surface area contributed by atoms with E-state index < -0.39 is 0 Å². The second-order valence-electron chi connectivity index (χ2n) is 2.30. The van der Waals surface area contributed by atoms with E-state index in [9.17, 15) is 0 Å². The zero-order valence-corrected chi connectivity index (χ0v) is 8.02. The van der Waals surface area contributed by atoms with E-state index in [1.807, 2.05) is 32.7 Å². The molecule has 11 heavy (non-hydrogen) atoms. The van der Waals surface area contributed by atoms with E-state index in [4.69, 9.17) is 0 Å². The molecule has 0 bridgehead atoms. The highest BCUT2D eigenvalue weighted by Crippen LogP contribution is 2.09. The van der Waals surface area contributed by atoms with Gasteiger partial charge in [0, 0.05) is 25.7 Å². The summed E-state index contributed by atoms with van der Waals surface area (Å²) in [5, 5.41) is 0. The van der Waals surface area contributed by atoms with E-state index in [2.05, 4.69) is 11.6 Å². The lowest BCUT2D eigenvalue weighted by molar-refractivity contribution is 0.561. The third-order valence-electron chi connectivity index (χ3n) is 1.70. The Balaban J connectivity index is 0.000000461. The zero-order valence-electron chi connectivity index (χ0n) is 8.02. The maximum Gasteiger partial charge on any atom is 0.0996 e. The van der Waals surface area contributed by atoms with Gasteiger partial charge < -0.3 is 4.90 Å². The molecule has 0 aromatic heterocycles. The molecule has 0 spiro atoms. The van der Waals surface area contributed by atoms with Crippen LogP contribution in [0.5, 0.6) is 0 Å². The van der Waals surface area contributed by atoms with Crippen LogP contribution in [0.25, 0.3) is 0 Å². The Morgan fingerprint density at radius 3 is 2.36 bits per heavy atom. The molecule has 0 atom stereocenters. The van der Waals surface area contributed by atoms with E-state index in [0.29, 0.717) is 0 Å². The maximum absolute atomic E-state index is 4.24. The smallest absolute Gasteiger partial charge is 0.0996 e. The van der Waals surface area contributed by atoms with Crippen molar-refractivity contribution in [3.8, 4) is 0 Å². The predicted octanol–water partition coefficient (Wildman–Crippen LogP) is 2.28. The largest absolute Gasteiger partial charge is 0.338 e. The van der Waals surface area contributed by atoms with Gasteiger partial charge in [-0.2, -0.15) is 0 Å². The molecule has 1 rings (SSSR count). The van der Waals surface area contributed by atoms with Gasteiger partial charge in [0.1, 0.15) is 0 Å². The standard InChI is InChI=1S/C7H12N2.C2H6/c1-6-4-5-8-7(2)9(6)3;1-2/h1,4-5H2,2-3H3;1-2H3. The number of nitrogens with zero attached hydrogens (tertiary/aromatic N) is 2. The average Bonchev–Trinajstić information content (AvgIpc) is 2.04. The molecule has 0 saturated heterocycles. The molecule has 0 aromatic carbocycles. The third-order valence-corrected chi connectivity index (χ3v) is 1.70. The van der Waals surface area contributed by atoms with Gasteiger partial charge in [0.05, 0.1) is 5.84 Å². The van der Waals surface area contributed by atoms with Gasteiger partial charge in [0.2, 0.25) is 0 Å². The van der Waals surface area contributed by atoms with Crippen LogP contribution < -0.4 is 0 Å². The number of rotatable bonds is 0. The topological polar surface area (TPSA) is 15.6 Å². The molecule has 0 amide bonds. The molecule has 0 saturated carbocycles. The fourth-order valence-electron chi connectivity index (χ4n) is 0.849. The minimum Gasteiger partial charge on any atom is -0.338 e. The summed E-state index contributed by atoms with van der Waals surface area (Å²) < 4.78 is 0. The molecule has 64 valence electrons. The Morgan fingerprint density at radius 2 is 2.00 bits per heavy atom. The Bertz CT molecular complexity index is 159. The van der Waals surface area contributed by atoms with Gasteiger partial charge in [-0.05, 0) is 6.92 Å². The van der Waals surface area contributed by atoms with Gasteiger partial charge >= 0.3 is 0 Å². The molecule has 2 heteroatoms. The quantitative estimate of drug-likeness (QED) is 0.522. The van der Waals surface area contributed by atoms with Crippen LogP contribution in [0.15, 0.2) is 17.3 Å². The summed E-state index contributed by atoms with van der Waals surface area (Å²) in [6.45, 7) is 10.8. The summed E-state index contributed by atoms with van der Waals surface area (Å²) in [6.07, 6.45) is 1.01. The van der Waals surface area contributed by atoms with Crippen LogP contribution in [0.1, 0.15) is 27.2 Å². The molecule has 2 nitrogen and oxygen atoms in total. The van der Waals surface area contributed by atoms with Crippen molar-refractivity contribution in [3.63, 3.8) is 0 Å². The van der Waals surface area contributed by atoms with Crippen LogP contribution in [0.3, 0.4) is 0 Å². The molecule has 0 radical (unpaired) electrons. The monoisotopic (exact) mass is 154 g/mol. The van der Waals surface area contributed by atoms with Gasteiger partial charge in [-0.1, -0.05) is 20.4 Å². The maximum atomic E-state index is 4.24. The van der Waals surface area contributed by atoms with E-state index in [-0.39, 0.29) is 0 Å². The Morgan fingerprint density at radius 1 is 1.45 bits per heavy atom. The van der Waals surface area contributed by atoms with Crippen molar-refractivity contribution < 1.29 is 0 Å². The van der Waals surface area contributed by atoms with Crippen molar-refractivity contribution in [1.82, 2.24) is 4.90 Å². The first-order valence-electron chi connectivity index (χ1n) is 4.14. The second kappa shape index (κ2) is 4.94. The lowest BCUT2D eigenvalue weighted by Crippen LogP contribution is -2.27. The SMILES string of the molecule is C=C1CCN=C(C)N1C.CC. The van der Waals surface area contributed by atoms with Crippen LogP contribution in [0, 0.1) is 0 Å². The molecule has 1 aliphatic rings. The fourth-order valence-corrected chi connectivity index (χ4v) is 0.849. The molecule has 0 aliphatic carbocycles. The molecule has 1 aliphatic heterocycles. The zero-order chi connectivity index (χ0) is 8.85. The summed E-state index contributed by atoms with van der Waals surface area (Å²) in [7, 11) is 2.00. The summed E-state index contributed by atoms with van der Waals surface area (Å²) in [4.78, 5) is 6.27. The summed E-state index contributed by atoms with van der Waals surface area (Å²) in [6, 6.07) is 0. The van der Waals surface area contributed by atoms with E-state index >= 15 is 0 Å². The Kier molecular flexibility index (Phi) is 4.59. The van der Waals surface area contributed by atoms with Crippen molar-refractivity contribution in [1.29, 1.82) is 0 Å². The van der Waals surface area contributed by atoms with Gasteiger partial charge in [-0.25, -0.2) is 0 Å². The minimum atomic E-state index is 0.912. The summed E-state index contributed by atoms with van der Waals surface area (Å²) >= 11 is 0. The van der Waals surface area contributed by atoms with Crippen molar-refractivity contribution >= 4 is 5.84 Å². The van der Waals surface area contributed by atoms with Crippen LogP contribution in [0.2, 0.25) is 0 Å². The number of aliphatic imine (C=N–C) groups is 1. The van der Waals surface area contributed by atoms with Crippen molar-refractivity contribution in [3.05, 3.63) is 12.3 Å². The predicted molar refractivity (Wildman–Crippen MR) is 50.8 cm³/mol. The lowest BCUT2D eigenvalue weighted by atomic mass is 10.2. The molecule has 0 unspecified atom stereocenters. The number of hydrogen-bond donors (Lipinski definition) is 0. The molecular weight excluding hydrogens is 136 g/mol. The molecule has 0 aromatic rings. The highest BCUT2D eigenvalue weighted by Gasteiger charge is 2.08. The highest BCUT2D eigenvalue weighted by atomic mass is 15.2. The van der Waals surface area contributed by atoms with Crippen molar-refractivity contribution in [2.45, 2.75) is 27.2 Å². The Hall–Kier alpha value is -0.790. The molecule has 0 N–H and O–H groups in total. The van der Waals surface area contributed by atoms with Crippen molar-refractivity contribution in [2.75, 3.05) is 13.6 Å². The van der Waals surface area contributed by atoms with Gasteiger partial charge in [0.25, 0.3) is 0 Å². The number of amidine groups is 1. The van der Waals surface area contributed by atoms with Gasteiger partial charge in [-0.3, -0.25) is 4.99 Å². The first-order chi connectivity index (χ1) is 5.22. The van der Waals surface area contributed by atoms with E-state index in [0.717, 1.165) is 18.8 Å². The molecular formula is C9H18N2. The molecule has 1 heterocycles. The first-order valence-corrected chi connectivity index (χ1v) is 4.14. The van der Waals surface area contributed by atoms with Crippen LogP contribution >= 0.6 is 0 Å². The lowest BCUT2D eigenvalue weighted by Gasteiger charge is -2.24. The van der Waals surface area contributed by atoms with Crippen LogP contribution in [-0.2, 0) is 0 Å². The van der Waals surface area contributed by atoms with E-state index in [1.54, 1.807) is 0 Å². The minimum absolute atomic E-state index is 0.912. The summed E-state index contributed by atoms with van der Waals surface area (Å²) in [5.74, 6) is 1.08. The normalized spacial score (nSPS) is 16.9. The van der Waals surface area contributed by atoms with Gasteiger partial charge in [0.15, 0.2) is 0 Å². The first kappa shape index (κ1) is 10.2. The number of hydrogen-bond acceptors (Lipinski definition) is 2. The van der Waals surface area contributed by atoms with Crippen LogP contribution in [-0.4, -0.2) is 24.3 Å². The van der Waals surface area contributed by atoms with E-state index in [1.165, 1.54) is 5.70 Å². The van der Waals surface area contributed by atoms with Crippen molar-refractivity contribution in [2.24, 2.45) is 4.99 Å². The highest BCUT2D eigenvalue weighted by molar-refractivity contribution is 5.81. The summed E-state index contributed by atoms with van der Waals surface area (Å²) in [5.41, 5.74) is 1.17. The average molecular weight is 154 g/mol. The second-order valence-corrected chi connectivity index (χ2v) is 2.30. The van der Waals surface area contributed by atoms with Gasteiger partial charge in [-0.15, -0.1) is 0 Å². The Labute approximate surface area is 69.6 Å². The van der Waals surface area contributed by atoms with Crippen LogP contribution in [0.4, 0.5) is 0 Å². The molecule has 0 fully saturated rings. The fraction of sp³-hybridized carbons (Fsp3) is 0.667. The third kappa shape index (κ3) is 2.74.